The highest BCUT2D eigenvalue weighted by molar-refractivity contribution is 5.97. The number of esters is 1. The minimum absolute atomic E-state index is 0.147. The molecule has 0 saturated heterocycles. The molecule has 2 N–H and O–H groups in total. The molecule has 2 rings (SSSR count). The average molecular weight is 315 g/mol. The fourth-order valence-electron chi connectivity index (χ4n) is 1.99. The standard InChI is InChI=1S/C16H17N3O4/c1-3-23-13(20)9-19-16(22)14-15(21)10(2)11(8-18-14)12-6-4-5-7-17-12/h4-8,21H,3,9H2,1-2H3,(H,19,22). The van der Waals surface area contributed by atoms with Gasteiger partial charge in [-0.2, -0.15) is 0 Å². The summed E-state index contributed by atoms with van der Waals surface area (Å²) in [6.07, 6.45) is 3.10. The number of pyridine rings is 2. The van der Waals surface area contributed by atoms with Gasteiger partial charge in [-0.3, -0.25) is 14.6 Å². The summed E-state index contributed by atoms with van der Waals surface area (Å²) < 4.78 is 4.71. The summed E-state index contributed by atoms with van der Waals surface area (Å²) in [7, 11) is 0. The van der Waals surface area contributed by atoms with Crippen molar-refractivity contribution in [2.24, 2.45) is 0 Å². The van der Waals surface area contributed by atoms with E-state index in [1.165, 1.54) is 6.20 Å². The molecule has 0 radical (unpaired) electrons. The third-order valence-corrected chi connectivity index (χ3v) is 3.16. The number of ether oxygens (including phenoxy) is 1. The van der Waals surface area contributed by atoms with Gasteiger partial charge in [-0.05, 0) is 26.0 Å². The van der Waals surface area contributed by atoms with Crippen molar-refractivity contribution in [2.75, 3.05) is 13.2 Å². The lowest BCUT2D eigenvalue weighted by Gasteiger charge is -2.11. The molecule has 0 bridgehead atoms. The molecule has 7 nitrogen and oxygen atoms in total. The monoisotopic (exact) mass is 315 g/mol. The average Bonchev–Trinajstić information content (AvgIpc) is 2.56. The van der Waals surface area contributed by atoms with Gasteiger partial charge in [0.05, 0.1) is 12.3 Å². The minimum atomic E-state index is -0.647. The molecule has 0 aliphatic carbocycles. The van der Waals surface area contributed by atoms with Gasteiger partial charge in [0, 0.05) is 23.5 Å². The van der Waals surface area contributed by atoms with Gasteiger partial charge in [-0.1, -0.05) is 6.07 Å². The van der Waals surface area contributed by atoms with E-state index in [9.17, 15) is 14.7 Å². The first-order valence-electron chi connectivity index (χ1n) is 7.08. The van der Waals surface area contributed by atoms with Crippen LogP contribution in [-0.2, 0) is 9.53 Å². The Balaban J connectivity index is 2.20. The molecule has 2 aromatic rings. The topological polar surface area (TPSA) is 101 Å². The van der Waals surface area contributed by atoms with E-state index in [4.69, 9.17) is 4.74 Å². The molecule has 0 fully saturated rings. The molecule has 0 spiro atoms. The van der Waals surface area contributed by atoms with E-state index in [-0.39, 0.29) is 24.6 Å². The molecule has 0 aromatic carbocycles. The van der Waals surface area contributed by atoms with Gasteiger partial charge in [0.25, 0.3) is 5.91 Å². The van der Waals surface area contributed by atoms with Crippen LogP contribution in [0.2, 0.25) is 0 Å². The summed E-state index contributed by atoms with van der Waals surface area (Å²) in [5.74, 6) is -1.44. The van der Waals surface area contributed by atoms with Gasteiger partial charge in [0.15, 0.2) is 11.4 Å². The number of carbonyl (C=O) groups is 2. The number of hydrogen-bond donors (Lipinski definition) is 2. The molecule has 7 heteroatoms. The summed E-state index contributed by atoms with van der Waals surface area (Å²) in [6.45, 7) is 3.29. The zero-order valence-electron chi connectivity index (χ0n) is 12.9. The summed E-state index contributed by atoms with van der Waals surface area (Å²) in [4.78, 5) is 31.4. The van der Waals surface area contributed by atoms with Crippen molar-refractivity contribution in [3.63, 3.8) is 0 Å². The predicted molar refractivity (Wildman–Crippen MR) is 82.8 cm³/mol. The van der Waals surface area contributed by atoms with E-state index in [0.717, 1.165) is 0 Å². The maximum absolute atomic E-state index is 12.0. The molecule has 1 amide bonds. The van der Waals surface area contributed by atoms with Crippen molar-refractivity contribution < 1.29 is 19.4 Å². The Morgan fingerprint density at radius 1 is 1.30 bits per heavy atom. The fourth-order valence-corrected chi connectivity index (χ4v) is 1.99. The van der Waals surface area contributed by atoms with Crippen LogP contribution in [0.1, 0.15) is 23.0 Å². The number of aromatic nitrogens is 2. The Morgan fingerprint density at radius 2 is 2.09 bits per heavy atom. The third kappa shape index (κ3) is 3.82. The number of nitrogens with one attached hydrogen (secondary N) is 1. The van der Waals surface area contributed by atoms with Crippen molar-refractivity contribution in [1.82, 2.24) is 15.3 Å². The third-order valence-electron chi connectivity index (χ3n) is 3.16. The van der Waals surface area contributed by atoms with Gasteiger partial charge < -0.3 is 15.2 Å². The second kappa shape index (κ2) is 7.35. The smallest absolute Gasteiger partial charge is 0.325 e. The maximum atomic E-state index is 12.0. The van der Waals surface area contributed by atoms with Gasteiger partial charge in [-0.25, -0.2) is 4.98 Å². The summed E-state index contributed by atoms with van der Waals surface area (Å²) in [5, 5.41) is 12.6. The molecule has 0 unspecified atom stereocenters. The molecule has 0 atom stereocenters. The number of rotatable bonds is 5. The maximum Gasteiger partial charge on any atom is 0.325 e. The molecule has 0 aliphatic rings. The van der Waals surface area contributed by atoms with E-state index in [2.05, 4.69) is 15.3 Å². The second-order valence-corrected chi connectivity index (χ2v) is 4.70. The molecule has 0 aliphatic heterocycles. The zero-order chi connectivity index (χ0) is 16.8. The first-order chi connectivity index (χ1) is 11.0. The summed E-state index contributed by atoms with van der Waals surface area (Å²) in [6, 6.07) is 5.38. The van der Waals surface area contributed by atoms with E-state index < -0.39 is 11.9 Å². The summed E-state index contributed by atoms with van der Waals surface area (Å²) in [5.41, 5.74) is 1.61. The van der Waals surface area contributed by atoms with Gasteiger partial charge in [0.2, 0.25) is 0 Å². The number of nitrogens with zero attached hydrogens (tertiary/aromatic N) is 2. The highest BCUT2D eigenvalue weighted by atomic mass is 16.5. The van der Waals surface area contributed by atoms with Crippen LogP contribution in [0.3, 0.4) is 0 Å². The largest absolute Gasteiger partial charge is 0.505 e. The molecule has 120 valence electrons. The van der Waals surface area contributed by atoms with Crippen LogP contribution in [-0.4, -0.2) is 40.1 Å². The van der Waals surface area contributed by atoms with E-state index >= 15 is 0 Å². The quantitative estimate of drug-likeness (QED) is 0.810. The Kier molecular flexibility index (Phi) is 5.24. The highest BCUT2D eigenvalue weighted by Gasteiger charge is 2.19. The summed E-state index contributed by atoms with van der Waals surface area (Å²) >= 11 is 0. The first kappa shape index (κ1) is 16.4. The molecule has 2 heterocycles. The van der Waals surface area contributed by atoms with Gasteiger partial charge >= 0.3 is 5.97 Å². The van der Waals surface area contributed by atoms with Crippen LogP contribution in [0.4, 0.5) is 0 Å². The lowest BCUT2D eigenvalue weighted by atomic mass is 10.1. The lowest BCUT2D eigenvalue weighted by molar-refractivity contribution is -0.141. The predicted octanol–water partition coefficient (Wildman–Crippen LogP) is 1.45. The first-order valence-corrected chi connectivity index (χ1v) is 7.08. The van der Waals surface area contributed by atoms with Crippen LogP contribution in [0.5, 0.6) is 5.75 Å². The lowest BCUT2D eigenvalue weighted by Crippen LogP contribution is -2.31. The van der Waals surface area contributed by atoms with Crippen molar-refractivity contribution in [2.45, 2.75) is 13.8 Å². The highest BCUT2D eigenvalue weighted by Crippen LogP contribution is 2.29. The number of aromatic hydroxyl groups is 1. The Hall–Kier alpha value is -2.96. The van der Waals surface area contributed by atoms with E-state index in [1.807, 2.05) is 6.07 Å². The van der Waals surface area contributed by atoms with Crippen LogP contribution in [0, 0.1) is 6.92 Å². The zero-order valence-corrected chi connectivity index (χ0v) is 12.9. The molecular formula is C16H17N3O4. The van der Waals surface area contributed by atoms with Crippen LogP contribution >= 0.6 is 0 Å². The number of carbonyl (C=O) groups excluding carboxylic acids is 2. The van der Waals surface area contributed by atoms with Crippen LogP contribution in [0.15, 0.2) is 30.6 Å². The molecule has 0 saturated carbocycles. The SMILES string of the molecule is CCOC(=O)CNC(=O)c1ncc(-c2ccccn2)c(C)c1O. The van der Waals surface area contributed by atoms with Crippen molar-refractivity contribution in [3.05, 3.63) is 41.9 Å². The Bertz CT molecular complexity index is 717. The Morgan fingerprint density at radius 3 is 2.74 bits per heavy atom. The van der Waals surface area contributed by atoms with E-state index in [0.29, 0.717) is 16.8 Å². The normalized spacial score (nSPS) is 10.2. The number of hydrogen-bond acceptors (Lipinski definition) is 6. The van der Waals surface area contributed by atoms with Gasteiger partial charge in [0.1, 0.15) is 6.54 Å². The molecule has 23 heavy (non-hydrogen) atoms. The van der Waals surface area contributed by atoms with Gasteiger partial charge in [-0.15, -0.1) is 0 Å². The van der Waals surface area contributed by atoms with Crippen molar-refractivity contribution in [3.8, 4) is 17.0 Å². The Labute approximate surface area is 133 Å². The van der Waals surface area contributed by atoms with Crippen molar-refractivity contribution in [1.29, 1.82) is 0 Å². The number of amides is 1. The van der Waals surface area contributed by atoms with Crippen LogP contribution in [0.25, 0.3) is 11.3 Å². The molecular weight excluding hydrogens is 298 g/mol. The van der Waals surface area contributed by atoms with E-state index in [1.54, 1.807) is 32.2 Å². The molecule has 2 aromatic heterocycles. The van der Waals surface area contributed by atoms with Crippen molar-refractivity contribution >= 4 is 11.9 Å². The second-order valence-electron chi connectivity index (χ2n) is 4.70. The fraction of sp³-hybridized carbons (Fsp3) is 0.250. The van der Waals surface area contributed by atoms with Crippen LogP contribution < -0.4 is 5.32 Å². The minimum Gasteiger partial charge on any atom is -0.505 e.